The Balaban J connectivity index is 1.24. The molecule has 0 amide bonds. The summed E-state index contributed by atoms with van der Waals surface area (Å²) in [4.78, 5) is 5.47. The zero-order valence-corrected chi connectivity index (χ0v) is 50.1. The van der Waals surface area contributed by atoms with Gasteiger partial charge in [-0.05, 0) is 180 Å². The number of aromatic nitrogens is 1. The van der Waals surface area contributed by atoms with E-state index in [4.69, 9.17) is 0 Å². The molecular formula is C72H80BN3S. The highest BCUT2D eigenvalue weighted by molar-refractivity contribution is 7.33. The molecule has 77 heavy (non-hydrogen) atoms. The molecule has 392 valence electrons. The van der Waals surface area contributed by atoms with Crippen molar-refractivity contribution in [2.24, 2.45) is 0 Å². The van der Waals surface area contributed by atoms with Gasteiger partial charge in [-0.2, -0.15) is 0 Å². The molecule has 4 heterocycles. The number of benzene rings is 7. The lowest BCUT2D eigenvalue weighted by molar-refractivity contribution is 0.332. The molecule has 0 atom stereocenters. The maximum atomic E-state index is 2.74. The van der Waals surface area contributed by atoms with Crippen LogP contribution >= 0.6 is 11.3 Å². The molecule has 7 aromatic carbocycles. The number of para-hydroxylation sites is 2. The van der Waals surface area contributed by atoms with Gasteiger partial charge in [0, 0.05) is 54.1 Å². The van der Waals surface area contributed by atoms with Crippen LogP contribution in [0.3, 0.4) is 0 Å². The summed E-state index contributed by atoms with van der Waals surface area (Å²) in [5.74, 6) is 0. The second kappa shape index (κ2) is 16.3. The van der Waals surface area contributed by atoms with Gasteiger partial charge in [0.15, 0.2) is 0 Å². The first-order valence-electron chi connectivity index (χ1n) is 28.9. The normalized spacial score (nSPS) is 18.1. The minimum Gasteiger partial charge on any atom is -0.311 e. The van der Waals surface area contributed by atoms with Gasteiger partial charge < -0.3 is 14.4 Å². The number of anilines is 6. The zero-order valence-electron chi connectivity index (χ0n) is 49.3. The van der Waals surface area contributed by atoms with Gasteiger partial charge >= 0.3 is 0 Å². The number of nitrogens with zero attached hydrogens (tertiary/aromatic N) is 3. The van der Waals surface area contributed by atoms with Gasteiger partial charge in [-0.3, -0.25) is 0 Å². The lowest BCUT2D eigenvalue weighted by Gasteiger charge is -2.47. The topological polar surface area (TPSA) is 11.4 Å². The average molecular weight is 1030 g/mol. The van der Waals surface area contributed by atoms with Crippen molar-refractivity contribution in [2.45, 2.75) is 181 Å². The fraction of sp³-hybridized carbons (Fsp3) is 0.389. The van der Waals surface area contributed by atoms with Crippen LogP contribution in [0.2, 0.25) is 0 Å². The molecule has 0 saturated heterocycles. The fourth-order valence-corrected chi connectivity index (χ4v) is 15.5. The van der Waals surface area contributed by atoms with E-state index in [9.17, 15) is 0 Å². The first-order chi connectivity index (χ1) is 36.0. The molecule has 9 aromatic rings. The van der Waals surface area contributed by atoms with Crippen LogP contribution < -0.4 is 25.5 Å². The van der Waals surface area contributed by atoms with E-state index in [-0.39, 0.29) is 44.6 Å². The van der Waals surface area contributed by atoms with Crippen molar-refractivity contribution in [3.63, 3.8) is 0 Å². The van der Waals surface area contributed by atoms with Crippen LogP contribution in [0, 0.1) is 0 Å². The van der Waals surface area contributed by atoms with Crippen LogP contribution in [-0.2, 0) is 37.9 Å². The Hall–Kier alpha value is -6.04. The second-order valence-corrected chi connectivity index (χ2v) is 30.7. The standard InChI is InChI=1S/C72H80BN3S/c1-66(2,3)43-26-28-46(29-27-43)76-61-38-48(74-57-24-20-18-22-49(57)50-23-19-21-25-58(50)74)37-60-63(61)73(65-64(76)51-39-52-55(42-62(51)77-65)72(16,17)33-30-69(52,10)11)56-40-53-54(71(14,15)32-31-70(53,12)13)41-59(56)75(60)47-35-44(67(4,5)6)34-45(36-47)68(7,8)9/h18-29,34-42H,30-33H2,1-17H3. The Kier molecular flexibility index (Phi) is 10.7. The molecule has 0 unspecified atom stereocenters. The van der Waals surface area contributed by atoms with Crippen LogP contribution in [0.5, 0.6) is 0 Å². The van der Waals surface area contributed by atoms with Crippen LogP contribution in [0.4, 0.5) is 34.1 Å². The third kappa shape index (κ3) is 7.62. The van der Waals surface area contributed by atoms with Crippen molar-refractivity contribution in [1.29, 1.82) is 0 Å². The van der Waals surface area contributed by atoms with E-state index in [1.54, 1.807) is 0 Å². The largest absolute Gasteiger partial charge is 0.311 e. The van der Waals surface area contributed by atoms with Crippen molar-refractivity contribution in [2.75, 3.05) is 9.80 Å². The van der Waals surface area contributed by atoms with Gasteiger partial charge in [0.1, 0.15) is 0 Å². The summed E-state index contributed by atoms with van der Waals surface area (Å²) in [5.41, 5.74) is 24.2. The summed E-state index contributed by atoms with van der Waals surface area (Å²) in [5, 5.41) is 3.92. The quantitative estimate of drug-likeness (QED) is 0.163. The predicted octanol–water partition coefficient (Wildman–Crippen LogP) is 18.7. The lowest BCUT2D eigenvalue weighted by atomic mass is 9.35. The van der Waals surface area contributed by atoms with E-state index in [0.717, 1.165) is 12.8 Å². The third-order valence-electron chi connectivity index (χ3n) is 19.3. The second-order valence-electron chi connectivity index (χ2n) is 29.6. The van der Waals surface area contributed by atoms with Gasteiger partial charge in [-0.15, -0.1) is 11.3 Å². The molecule has 0 fully saturated rings. The summed E-state index contributed by atoms with van der Waals surface area (Å²) >= 11 is 2.07. The van der Waals surface area contributed by atoms with Crippen molar-refractivity contribution < 1.29 is 0 Å². The SMILES string of the molecule is CC(C)(C)c1ccc(N2c3cc(-n4c5ccccc5c5ccccc54)cc4c3B(c3cc5c(cc3N4c3cc(C(C)(C)C)cc(C(C)(C)C)c3)C(C)(C)CCC5(C)C)c3sc4cc5c(cc4c32)C(C)(C)CCC5(C)C)cc1. The Bertz CT molecular complexity index is 3860. The molecule has 2 aromatic heterocycles. The molecule has 4 aliphatic rings. The summed E-state index contributed by atoms with van der Waals surface area (Å²) in [6, 6.07) is 51.2. The number of fused-ring (bicyclic) bond motifs is 11. The predicted molar refractivity (Wildman–Crippen MR) is 337 cm³/mol. The van der Waals surface area contributed by atoms with Crippen LogP contribution in [0.25, 0.3) is 37.6 Å². The smallest absolute Gasteiger partial charge is 0.264 e. The van der Waals surface area contributed by atoms with Crippen molar-refractivity contribution >= 4 is 99.8 Å². The Labute approximate surface area is 464 Å². The first-order valence-corrected chi connectivity index (χ1v) is 29.7. The Morgan fingerprint density at radius 1 is 0.416 bits per heavy atom. The van der Waals surface area contributed by atoms with E-state index < -0.39 is 0 Å². The molecule has 0 spiro atoms. The number of rotatable bonds is 3. The zero-order chi connectivity index (χ0) is 54.5. The highest BCUT2D eigenvalue weighted by Crippen LogP contribution is 2.55. The number of hydrogen-bond donors (Lipinski definition) is 0. The minimum absolute atomic E-state index is 0.00646. The molecule has 13 rings (SSSR count). The van der Waals surface area contributed by atoms with Crippen molar-refractivity contribution in [3.8, 4) is 5.69 Å². The molecule has 2 aliphatic carbocycles. The summed E-state index contributed by atoms with van der Waals surface area (Å²) in [7, 11) is 0. The Morgan fingerprint density at radius 3 is 1.40 bits per heavy atom. The maximum absolute atomic E-state index is 2.74. The van der Waals surface area contributed by atoms with Crippen molar-refractivity contribution in [3.05, 3.63) is 166 Å². The molecule has 0 bridgehead atoms. The molecule has 2 aliphatic heterocycles. The van der Waals surface area contributed by atoms with Crippen LogP contribution in [0.1, 0.15) is 182 Å². The van der Waals surface area contributed by atoms with Gasteiger partial charge in [0.05, 0.1) is 22.4 Å². The van der Waals surface area contributed by atoms with E-state index >= 15 is 0 Å². The van der Waals surface area contributed by atoms with Crippen LogP contribution in [0.15, 0.2) is 127 Å². The Morgan fingerprint density at radius 2 is 0.883 bits per heavy atom. The minimum atomic E-state index is -0.0758. The van der Waals surface area contributed by atoms with E-state index in [2.05, 4.69) is 271 Å². The molecule has 5 heteroatoms. The van der Waals surface area contributed by atoms with Crippen LogP contribution in [-0.4, -0.2) is 11.3 Å². The summed E-state index contributed by atoms with van der Waals surface area (Å²) < 4.78 is 5.41. The molecule has 3 nitrogen and oxygen atoms in total. The van der Waals surface area contributed by atoms with Gasteiger partial charge in [0.25, 0.3) is 6.71 Å². The maximum Gasteiger partial charge on any atom is 0.264 e. The van der Waals surface area contributed by atoms with Gasteiger partial charge in [0.2, 0.25) is 0 Å². The van der Waals surface area contributed by atoms with Gasteiger partial charge in [-0.1, -0.05) is 178 Å². The summed E-state index contributed by atoms with van der Waals surface area (Å²) in [6.45, 7) is 41.3. The van der Waals surface area contributed by atoms with E-state index in [1.165, 1.54) is 139 Å². The first kappa shape index (κ1) is 50.5. The highest BCUT2D eigenvalue weighted by atomic mass is 32.1. The average Bonchev–Trinajstić information content (AvgIpc) is 4.18. The van der Waals surface area contributed by atoms with E-state index in [0.29, 0.717) is 0 Å². The monoisotopic (exact) mass is 1030 g/mol. The van der Waals surface area contributed by atoms with E-state index in [1.807, 2.05) is 0 Å². The lowest BCUT2D eigenvalue weighted by Crippen LogP contribution is -2.61. The molecular weight excluding hydrogens is 950 g/mol. The van der Waals surface area contributed by atoms with Crippen molar-refractivity contribution in [1.82, 2.24) is 4.57 Å². The molecule has 0 radical (unpaired) electrons. The highest BCUT2D eigenvalue weighted by Gasteiger charge is 2.49. The third-order valence-corrected chi connectivity index (χ3v) is 20.5. The van der Waals surface area contributed by atoms with Gasteiger partial charge in [-0.25, -0.2) is 0 Å². The fourth-order valence-electron chi connectivity index (χ4n) is 14.2. The molecule has 0 N–H and O–H groups in total. The molecule has 0 saturated carbocycles. The number of hydrogen-bond acceptors (Lipinski definition) is 3. The summed E-state index contributed by atoms with van der Waals surface area (Å²) in [6.07, 6.45) is 4.68. The number of thiophene rings is 1.